The molecule has 0 aliphatic carbocycles. The van der Waals surface area contributed by atoms with Gasteiger partial charge in [-0.25, -0.2) is 9.78 Å². The number of carbonyl (C=O) groups excluding carboxylic acids is 2. The molecule has 13 heteroatoms. The molecule has 5 N–H and O–H groups in total. The quantitative estimate of drug-likeness (QED) is 0.247. The third-order valence-corrected chi connectivity index (χ3v) is 6.01. The van der Waals surface area contributed by atoms with Gasteiger partial charge >= 0.3 is 5.97 Å². The van der Waals surface area contributed by atoms with Gasteiger partial charge in [-0.05, 0) is 12.5 Å². The lowest BCUT2D eigenvalue weighted by Gasteiger charge is -2.49. The fourth-order valence-corrected chi connectivity index (χ4v) is 4.63. The number of hydrogen-bond donors (Lipinski definition) is 4. The van der Waals surface area contributed by atoms with Gasteiger partial charge in [0.05, 0.1) is 6.61 Å². The summed E-state index contributed by atoms with van der Waals surface area (Å²) < 4.78 is 0. The molecule has 0 saturated carbocycles. The van der Waals surface area contributed by atoms with Crippen molar-refractivity contribution < 1.29 is 29.4 Å². The molecule has 0 unspecified atom stereocenters. The Morgan fingerprint density at radius 3 is 2.86 bits per heavy atom. The van der Waals surface area contributed by atoms with Crippen LogP contribution in [0.15, 0.2) is 21.8 Å². The van der Waals surface area contributed by atoms with E-state index in [1.807, 2.05) is 0 Å². The van der Waals surface area contributed by atoms with Gasteiger partial charge in [0, 0.05) is 11.1 Å². The predicted molar refractivity (Wildman–Crippen MR) is 101 cm³/mol. The number of aliphatic hydroxyl groups excluding tert-OH is 1. The number of aromatic nitrogens is 1. The summed E-state index contributed by atoms with van der Waals surface area (Å²) in [5.74, 6) is -2.33. The summed E-state index contributed by atoms with van der Waals surface area (Å²) in [4.78, 5) is 46.7. The lowest BCUT2D eigenvalue weighted by atomic mass is 10.0. The Morgan fingerprint density at radius 1 is 1.54 bits per heavy atom. The minimum atomic E-state index is -1.30. The van der Waals surface area contributed by atoms with E-state index >= 15 is 0 Å². The lowest BCUT2D eigenvalue weighted by Crippen LogP contribution is -2.71. The first-order chi connectivity index (χ1) is 13.4. The van der Waals surface area contributed by atoms with Crippen molar-refractivity contribution in [3.05, 3.63) is 22.3 Å². The number of thioether (sulfide) groups is 1. The van der Waals surface area contributed by atoms with Crippen molar-refractivity contribution in [1.82, 2.24) is 15.2 Å². The normalized spacial score (nSPS) is 21.9. The van der Waals surface area contributed by atoms with E-state index in [2.05, 4.69) is 15.5 Å². The van der Waals surface area contributed by atoms with Gasteiger partial charge < -0.3 is 26.1 Å². The van der Waals surface area contributed by atoms with Crippen molar-refractivity contribution in [2.45, 2.75) is 18.3 Å². The summed E-state index contributed by atoms with van der Waals surface area (Å²) in [6.07, 6.45) is 0. The number of aliphatic hydroxyl groups is 1. The second-order valence-corrected chi connectivity index (χ2v) is 7.70. The van der Waals surface area contributed by atoms with Crippen LogP contribution in [0.1, 0.15) is 12.6 Å². The van der Waals surface area contributed by atoms with Crippen LogP contribution in [-0.2, 0) is 19.2 Å². The number of nitrogens with two attached hydrogens (primary N) is 1. The molecule has 2 aliphatic rings. The van der Waals surface area contributed by atoms with Crippen molar-refractivity contribution in [1.29, 1.82) is 0 Å². The topological polar surface area (TPSA) is 167 Å². The Hall–Kier alpha value is -2.64. The summed E-state index contributed by atoms with van der Waals surface area (Å²) in [7, 11) is 0. The first kappa shape index (κ1) is 20.1. The summed E-state index contributed by atoms with van der Waals surface area (Å²) in [5, 5.41) is 26.2. The minimum absolute atomic E-state index is 0.132. The molecule has 1 aromatic rings. The molecule has 2 atom stereocenters. The molecule has 3 rings (SSSR count). The molecule has 0 aromatic carbocycles. The summed E-state index contributed by atoms with van der Waals surface area (Å²) in [5.41, 5.74) is 5.69. The minimum Gasteiger partial charge on any atom is -0.477 e. The predicted octanol–water partition coefficient (Wildman–Crippen LogP) is -0.803. The Bertz CT molecular complexity index is 882. The average molecular weight is 427 g/mol. The van der Waals surface area contributed by atoms with E-state index in [1.165, 1.54) is 17.1 Å². The van der Waals surface area contributed by atoms with Crippen LogP contribution in [0, 0.1) is 0 Å². The molecule has 28 heavy (non-hydrogen) atoms. The maximum Gasteiger partial charge on any atom is 0.352 e. The van der Waals surface area contributed by atoms with E-state index in [0.717, 1.165) is 16.2 Å². The molecule has 3 heterocycles. The van der Waals surface area contributed by atoms with Gasteiger partial charge in [0.15, 0.2) is 10.8 Å². The molecule has 1 saturated heterocycles. The van der Waals surface area contributed by atoms with E-state index in [-0.39, 0.29) is 40.2 Å². The maximum absolute atomic E-state index is 12.7. The number of nitrogen functional groups attached to an aromatic ring is 1. The van der Waals surface area contributed by atoms with Crippen LogP contribution in [0.2, 0.25) is 0 Å². The SMILES string of the molecule is CCO/N=C(/C(=O)N[C@@H]1C(=O)N2C(C(=O)O)=C(CO)CS[C@H]12)c1csc(N)n1. The van der Waals surface area contributed by atoms with E-state index in [1.54, 1.807) is 6.92 Å². The van der Waals surface area contributed by atoms with Crippen LogP contribution in [0.25, 0.3) is 0 Å². The summed E-state index contributed by atoms with van der Waals surface area (Å²) in [6, 6.07) is -0.935. The Morgan fingerprint density at radius 2 is 2.29 bits per heavy atom. The number of carboxylic acid groups (broad SMARTS) is 1. The third kappa shape index (κ3) is 3.55. The van der Waals surface area contributed by atoms with Crippen LogP contribution in [0.4, 0.5) is 5.13 Å². The number of anilines is 1. The highest BCUT2D eigenvalue weighted by atomic mass is 32.2. The van der Waals surface area contributed by atoms with Crippen molar-refractivity contribution in [3.63, 3.8) is 0 Å². The number of nitrogens with one attached hydrogen (secondary N) is 1. The molecular weight excluding hydrogens is 410 g/mol. The van der Waals surface area contributed by atoms with Crippen molar-refractivity contribution in [2.75, 3.05) is 24.7 Å². The Balaban J connectivity index is 1.79. The second-order valence-electron chi connectivity index (χ2n) is 5.71. The van der Waals surface area contributed by atoms with E-state index in [4.69, 9.17) is 10.6 Å². The second kappa shape index (κ2) is 8.16. The van der Waals surface area contributed by atoms with E-state index < -0.39 is 35.8 Å². The molecule has 2 aliphatic heterocycles. The summed E-state index contributed by atoms with van der Waals surface area (Å²) >= 11 is 2.38. The highest BCUT2D eigenvalue weighted by Gasteiger charge is 2.54. The van der Waals surface area contributed by atoms with Gasteiger partial charge in [-0.3, -0.25) is 14.5 Å². The maximum atomic E-state index is 12.7. The molecule has 11 nitrogen and oxygen atoms in total. The first-order valence-electron chi connectivity index (χ1n) is 8.12. The van der Waals surface area contributed by atoms with Crippen LogP contribution in [-0.4, -0.2) is 74.0 Å². The van der Waals surface area contributed by atoms with Gasteiger partial charge in [0.1, 0.15) is 29.4 Å². The average Bonchev–Trinajstić information content (AvgIpc) is 3.10. The molecule has 0 bridgehead atoms. The lowest BCUT2D eigenvalue weighted by molar-refractivity contribution is -0.150. The van der Waals surface area contributed by atoms with Gasteiger partial charge in [-0.15, -0.1) is 23.1 Å². The number of carboxylic acids is 1. The third-order valence-electron chi connectivity index (χ3n) is 3.99. The van der Waals surface area contributed by atoms with Gasteiger partial charge in [-0.1, -0.05) is 5.16 Å². The number of fused-ring (bicyclic) bond motifs is 1. The standard InChI is InChI=1S/C15H17N5O6S2/c1-2-26-19-8(7-5-28-15(16)17-7)11(22)18-9-12(23)20-10(14(24)25)6(3-21)4-27-13(9)20/h5,9,13,21H,2-4H2,1H3,(H2,16,17)(H,18,22)(H,24,25)/b19-8+/t9-,13-/m1/s1. The summed E-state index contributed by atoms with van der Waals surface area (Å²) in [6.45, 7) is 1.46. The number of thiazole rings is 1. The van der Waals surface area contributed by atoms with Crippen molar-refractivity contribution in [2.24, 2.45) is 5.16 Å². The van der Waals surface area contributed by atoms with Crippen LogP contribution in [0.3, 0.4) is 0 Å². The highest BCUT2D eigenvalue weighted by Crippen LogP contribution is 2.40. The number of carbonyl (C=O) groups is 3. The molecule has 1 fully saturated rings. The van der Waals surface area contributed by atoms with Gasteiger partial charge in [-0.2, -0.15) is 0 Å². The largest absolute Gasteiger partial charge is 0.477 e. The van der Waals surface area contributed by atoms with Gasteiger partial charge in [0.2, 0.25) is 0 Å². The van der Waals surface area contributed by atoms with Crippen LogP contribution >= 0.6 is 23.1 Å². The first-order valence-corrected chi connectivity index (χ1v) is 10.0. The fourth-order valence-electron chi connectivity index (χ4n) is 2.74. The fraction of sp³-hybridized carbons (Fsp3) is 0.400. The molecule has 150 valence electrons. The number of β-lactam (4-membered cyclic amide) rings is 1. The number of aliphatic carboxylic acids is 1. The molecule has 1 aromatic heterocycles. The highest BCUT2D eigenvalue weighted by molar-refractivity contribution is 8.00. The van der Waals surface area contributed by atoms with Crippen LogP contribution < -0.4 is 11.1 Å². The van der Waals surface area contributed by atoms with E-state index in [0.29, 0.717) is 0 Å². The Kier molecular flexibility index (Phi) is 5.86. The molecular formula is C15H17N5O6S2. The number of amides is 2. The van der Waals surface area contributed by atoms with Crippen LogP contribution in [0.5, 0.6) is 0 Å². The zero-order chi connectivity index (χ0) is 20.4. The number of oxime groups is 1. The molecule has 2 amide bonds. The van der Waals surface area contributed by atoms with Crippen molar-refractivity contribution >= 4 is 51.7 Å². The number of nitrogens with zero attached hydrogens (tertiary/aromatic N) is 3. The van der Waals surface area contributed by atoms with Gasteiger partial charge in [0.25, 0.3) is 11.8 Å². The number of hydrogen-bond acceptors (Lipinski definition) is 10. The zero-order valence-electron chi connectivity index (χ0n) is 14.6. The molecule has 0 radical (unpaired) electrons. The zero-order valence-corrected chi connectivity index (χ0v) is 16.2. The number of rotatable bonds is 7. The smallest absolute Gasteiger partial charge is 0.352 e. The Labute approximate surface area is 167 Å². The molecule has 0 spiro atoms. The van der Waals surface area contributed by atoms with Crippen molar-refractivity contribution in [3.8, 4) is 0 Å². The monoisotopic (exact) mass is 427 g/mol. The van der Waals surface area contributed by atoms with E-state index in [9.17, 15) is 24.6 Å².